The van der Waals surface area contributed by atoms with E-state index in [1.165, 1.54) is 6.07 Å². The molecule has 9 heteroatoms. The van der Waals surface area contributed by atoms with Gasteiger partial charge < -0.3 is 9.15 Å². The first-order valence-corrected chi connectivity index (χ1v) is 11.6. The van der Waals surface area contributed by atoms with Gasteiger partial charge in [0.15, 0.2) is 0 Å². The minimum Gasteiger partial charge on any atom is -0.455 e. The average Bonchev–Trinajstić information content (AvgIpc) is 3.57. The van der Waals surface area contributed by atoms with Gasteiger partial charge in [-0.3, -0.25) is 14.9 Å². The molecule has 8 nitrogen and oxygen atoms in total. The maximum Gasteiger partial charge on any atom is 0.433 e. The summed E-state index contributed by atoms with van der Waals surface area (Å²) in [5.41, 5.74) is 6.35. The standard InChI is InChI=1S/C26H19N3O5S/c1-16-7-2-3-8-17(16)24-18-9-4-5-10-20(18)34-25(22-11-6-14-35-22)19(24)15-27-28-26(30)21-12-13-23(33-21)29(31)32/h2-15,24H,1H3,(H,28,30). The number of nitrogens with zero attached hydrogens (tertiary/aromatic N) is 2. The van der Waals surface area contributed by atoms with E-state index in [4.69, 9.17) is 9.15 Å². The lowest BCUT2D eigenvalue weighted by atomic mass is 9.80. The van der Waals surface area contributed by atoms with Crippen LogP contribution in [-0.2, 0) is 0 Å². The molecular formula is C26H19N3O5S. The lowest BCUT2D eigenvalue weighted by molar-refractivity contribution is -0.402. The van der Waals surface area contributed by atoms with Gasteiger partial charge in [0, 0.05) is 17.1 Å². The van der Waals surface area contributed by atoms with Crippen LogP contribution in [0.1, 0.15) is 38.0 Å². The summed E-state index contributed by atoms with van der Waals surface area (Å²) in [5, 5.41) is 17.0. The molecule has 174 valence electrons. The van der Waals surface area contributed by atoms with Gasteiger partial charge in [-0.2, -0.15) is 5.10 Å². The summed E-state index contributed by atoms with van der Waals surface area (Å²) in [6, 6.07) is 22.2. The van der Waals surface area contributed by atoms with Crippen molar-refractivity contribution in [3.05, 3.63) is 121 Å². The summed E-state index contributed by atoms with van der Waals surface area (Å²) in [6.45, 7) is 2.05. The summed E-state index contributed by atoms with van der Waals surface area (Å²) in [4.78, 5) is 23.5. The quantitative estimate of drug-likeness (QED) is 0.208. The van der Waals surface area contributed by atoms with E-state index in [1.54, 1.807) is 17.6 Å². The number of furan rings is 1. The van der Waals surface area contributed by atoms with Gasteiger partial charge in [0.1, 0.15) is 16.4 Å². The number of benzene rings is 2. The number of carbonyl (C=O) groups excluding carboxylic acids is 1. The molecule has 0 radical (unpaired) electrons. The highest BCUT2D eigenvalue weighted by Gasteiger charge is 2.32. The smallest absolute Gasteiger partial charge is 0.433 e. The van der Waals surface area contributed by atoms with Crippen molar-refractivity contribution in [2.24, 2.45) is 5.10 Å². The summed E-state index contributed by atoms with van der Waals surface area (Å²) >= 11 is 1.54. The summed E-state index contributed by atoms with van der Waals surface area (Å²) in [5.74, 6) is -0.201. The Morgan fingerprint density at radius 3 is 2.54 bits per heavy atom. The van der Waals surface area contributed by atoms with Gasteiger partial charge in [-0.1, -0.05) is 48.5 Å². The minimum atomic E-state index is -0.707. The van der Waals surface area contributed by atoms with E-state index in [0.29, 0.717) is 5.76 Å². The lowest BCUT2D eigenvalue weighted by Crippen LogP contribution is -2.20. The Kier molecular flexibility index (Phi) is 5.99. The minimum absolute atomic E-state index is 0.191. The van der Waals surface area contributed by atoms with Crippen LogP contribution in [0.3, 0.4) is 0 Å². The van der Waals surface area contributed by atoms with Crippen LogP contribution in [0.5, 0.6) is 5.75 Å². The van der Waals surface area contributed by atoms with Crippen molar-refractivity contribution in [2.75, 3.05) is 0 Å². The van der Waals surface area contributed by atoms with Crippen molar-refractivity contribution in [3.8, 4) is 5.75 Å². The highest BCUT2D eigenvalue weighted by molar-refractivity contribution is 7.11. The molecule has 1 N–H and O–H groups in total. The number of nitrogens with one attached hydrogen (secondary N) is 1. The third-order valence-electron chi connectivity index (χ3n) is 5.62. The van der Waals surface area contributed by atoms with Crippen LogP contribution >= 0.6 is 11.3 Å². The number of rotatable bonds is 6. The van der Waals surface area contributed by atoms with Gasteiger partial charge in [-0.05, 0) is 41.6 Å². The van der Waals surface area contributed by atoms with Crippen molar-refractivity contribution in [1.82, 2.24) is 5.43 Å². The van der Waals surface area contributed by atoms with Crippen molar-refractivity contribution in [2.45, 2.75) is 12.8 Å². The maximum atomic E-state index is 12.5. The molecule has 2 aromatic carbocycles. The number of aryl methyl sites for hydroxylation is 1. The van der Waals surface area contributed by atoms with Crippen LogP contribution in [0.15, 0.2) is 93.3 Å². The Hall–Kier alpha value is -4.50. The number of hydrogen-bond donors (Lipinski definition) is 1. The fourth-order valence-corrected chi connectivity index (χ4v) is 4.75. The zero-order chi connectivity index (χ0) is 24.4. The zero-order valence-electron chi connectivity index (χ0n) is 18.5. The molecule has 1 atom stereocenters. The van der Waals surface area contributed by atoms with Crippen molar-refractivity contribution in [1.29, 1.82) is 0 Å². The first-order chi connectivity index (χ1) is 17.0. The number of thiophene rings is 1. The number of amides is 1. The van der Waals surface area contributed by atoms with Crippen LogP contribution in [0.2, 0.25) is 0 Å². The number of nitro groups is 1. The van der Waals surface area contributed by atoms with Crippen LogP contribution < -0.4 is 10.2 Å². The maximum absolute atomic E-state index is 12.5. The van der Waals surface area contributed by atoms with Crippen LogP contribution in [0, 0.1) is 17.0 Å². The topological polar surface area (TPSA) is 107 Å². The van der Waals surface area contributed by atoms with Gasteiger partial charge in [0.2, 0.25) is 5.76 Å². The predicted octanol–water partition coefficient (Wildman–Crippen LogP) is 5.91. The number of hydrazone groups is 1. The second-order valence-corrected chi connectivity index (χ2v) is 8.73. The van der Waals surface area contributed by atoms with E-state index in [2.05, 4.69) is 29.6 Å². The molecular weight excluding hydrogens is 466 g/mol. The molecule has 1 aliphatic rings. The average molecular weight is 486 g/mol. The van der Waals surface area contributed by atoms with E-state index in [1.807, 2.05) is 53.9 Å². The van der Waals surface area contributed by atoms with E-state index in [-0.39, 0.29) is 11.7 Å². The molecule has 0 bridgehead atoms. The lowest BCUT2D eigenvalue weighted by Gasteiger charge is -2.30. The first-order valence-electron chi connectivity index (χ1n) is 10.7. The molecule has 1 amide bonds. The Morgan fingerprint density at radius 1 is 1.06 bits per heavy atom. The molecule has 35 heavy (non-hydrogen) atoms. The highest BCUT2D eigenvalue weighted by atomic mass is 32.1. The van der Waals surface area contributed by atoms with Crippen molar-refractivity contribution < 1.29 is 18.9 Å². The fraction of sp³-hybridized carbons (Fsp3) is 0.0769. The van der Waals surface area contributed by atoms with Crippen LogP contribution in [0.25, 0.3) is 5.76 Å². The number of carbonyl (C=O) groups is 1. The van der Waals surface area contributed by atoms with Gasteiger partial charge in [-0.25, -0.2) is 5.43 Å². The Bertz CT molecular complexity index is 1470. The summed E-state index contributed by atoms with van der Waals surface area (Å²) in [6.07, 6.45) is 1.57. The highest BCUT2D eigenvalue weighted by Crippen LogP contribution is 2.46. The molecule has 2 aromatic heterocycles. The number of allylic oxidation sites excluding steroid dienone is 1. The monoisotopic (exact) mass is 485 g/mol. The van der Waals surface area contributed by atoms with E-state index in [0.717, 1.165) is 39.0 Å². The third-order valence-corrected chi connectivity index (χ3v) is 6.49. The first kappa shape index (κ1) is 22.3. The molecule has 4 aromatic rings. The fourth-order valence-electron chi connectivity index (χ4n) is 4.02. The zero-order valence-corrected chi connectivity index (χ0v) is 19.3. The van der Waals surface area contributed by atoms with Crippen LogP contribution in [-0.4, -0.2) is 17.0 Å². The molecule has 1 aliphatic heterocycles. The van der Waals surface area contributed by atoms with Crippen LogP contribution in [0.4, 0.5) is 5.88 Å². The Labute approximate surface area is 204 Å². The molecule has 0 saturated heterocycles. The molecule has 1 unspecified atom stereocenters. The molecule has 0 saturated carbocycles. The van der Waals surface area contributed by atoms with Crippen molar-refractivity contribution >= 4 is 35.1 Å². The molecule has 0 aliphatic carbocycles. The largest absolute Gasteiger partial charge is 0.455 e. The Morgan fingerprint density at radius 2 is 1.83 bits per heavy atom. The van der Waals surface area contributed by atoms with Gasteiger partial charge >= 0.3 is 11.8 Å². The van der Waals surface area contributed by atoms with E-state index >= 15 is 0 Å². The summed E-state index contributed by atoms with van der Waals surface area (Å²) in [7, 11) is 0. The molecule has 5 rings (SSSR count). The van der Waals surface area contributed by atoms with Crippen molar-refractivity contribution in [3.63, 3.8) is 0 Å². The van der Waals surface area contributed by atoms with E-state index < -0.39 is 16.7 Å². The van der Waals surface area contributed by atoms with Gasteiger partial charge in [0.05, 0.1) is 17.2 Å². The number of para-hydroxylation sites is 1. The SMILES string of the molecule is Cc1ccccc1C1C(C=NNC(=O)c2ccc([N+](=O)[O-])o2)=C(c2cccs2)Oc2ccccc21. The normalized spacial score (nSPS) is 15.1. The Balaban J connectivity index is 1.57. The molecule has 0 fully saturated rings. The number of ether oxygens (including phenoxy) is 1. The second kappa shape index (κ2) is 9.40. The predicted molar refractivity (Wildman–Crippen MR) is 133 cm³/mol. The summed E-state index contributed by atoms with van der Waals surface area (Å²) < 4.78 is 11.3. The number of hydrogen-bond acceptors (Lipinski definition) is 7. The third kappa shape index (κ3) is 4.36. The van der Waals surface area contributed by atoms with Gasteiger partial charge in [-0.15, -0.1) is 11.3 Å². The van der Waals surface area contributed by atoms with E-state index in [9.17, 15) is 14.9 Å². The number of fused-ring (bicyclic) bond motifs is 1. The second-order valence-electron chi connectivity index (χ2n) is 7.79. The van der Waals surface area contributed by atoms with Gasteiger partial charge in [0.25, 0.3) is 0 Å². The molecule has 3 heterocycles. The molecule has 0 spiro atoms.